The summed E-state index contributed by atoms with van der Waals surface area (Å²) < 4.78 is 116. The van der Waals surface area contributed by atoms with E-state index in [9.17, 15) is 48.3 Å². The molecular formula is C88H132N4O30. The van der Waals surface area contributed by atoms with Gasteiger partial charge in [0.2, 0.25) is 5.91 Å². The van der Waals surface area contributed by atoms with Crippen molar-refractivity contribution in [2.45, 2.75) is 285 Å². The first-order valence-corrected chi connectivity index (χ1v) is 44.2. The summed E-state index contributed by atoms with van der Waals surface area (Å²) >= 11 is 0. The Morgan fingerprint density at radius 3 is 1.80 bits per heavy atom. The quantitative estimate of drug-likeness (QED) is 0.0258. The molecule has 0 aliphatic carbocycles. The number of aliphatic hydroxyl groups is 1. The van der Waals surface area contributed by atoms with E-state index in [0.717, 1.165) is 43.3 Å². The topological polar surface area (TPSA) is 412 Å². The summed E-state index contributed by atoms with van der Waals surface area (Å²) in [6.07, 6.45) is 2.06. The number of aliphatic hydroxyl groups excluding tert-OH is 1. The molecule has 6 unspecified atom stereocenters. The average Bonchev–Trinajstić information content (AvgIpc) is 1.55. The van der Waals surface area contributed by atoms with E-state index in [4.69, 9.17) is 101 Å². The third kappa shape index (κ3) is 29.2. The minimum absolute atomic E-state index is 0.00793. The molecule has 34 heteroatoms. The summed E-state index contributed by atoms with van der Waals surface area (Å²) in [4.78, 5) is 120. The third-order valence-corrected chi connectivity index (χ3v) is 24.6. The number of amides is 5. The molecule has 34 nitrogen and oxygen atoms in total. The molecular weight excluding hydrogens is 1590 g/mol. The number of ketones is 3. The molecule has 12 bridgehead atoms. The zero-order valence-electron chi connectivity index (χ0n) is 71.6. The maximum absolute atomic E-state index is 14.6. The van der Waals surface area contributed by atoms with E-state index in [1.807, 2.05) is 13.8 Å². The second-order valence-corrected chi connectivity index (χ2v) is 34.0. The van der Waals surface area contributed by atoms with E-state index in [1.165, 1.54) is 0 Å². The molecule has 1 aromatic carbocycles. The number of hydrogen-bond donors (Lipinski definition) is 4. The lowest BCUT2D eigenvalue weighted by Crippen LogP contribution is -2.61. The molecule has 5 amide bonds. The van der Waals surface area contributed by atoms with Gasteiger partial charge in [-0.3, -0.25) is 33.6 Å². The number of rotatable bonds is 51. The van der Waals surface area contributed by atoms with Crippen LogP contribution < -0.4 is 16.4 Å². The summed E-state index contributed by atoms with van der Waals surface area (Å²) in [7, 11) is 1.60. The molecule has 11 saturated heterocycles. The van der Waals surface area contributed by atoms with Crippen molar-refractivity contribution in [1.82, 2.24) is 15.7 Å². The van der Waals surface area contributed by atoms with E-state index in [0.29, 0.717) is 141 Å². The number of methoxy groups -OCH3 is 1. The van der Waals surface area contributed by atoms with Gasteiger partial charge in [-0.05, 0) is 98.3 Å². The van der Waals surface area contributed by atoms with Gasteiger partial charge in [0.25, 0.3) is 11.8 Å². The molecule has 0 aromatic heterocycles. The molecule has 0 radical (unpaired) electrons. The van der Waals surface area contributed by atoms with E-state index >= 15 is 0 Å². The highest BCUT2D eigenvalue weighted by Crippen LogP contribution is 2.55. The van der Waals surface area contributed by atoms with Crippen molar-refractivity contribution in [3.63, 3.8) is 0 Å². The smallest absolute Gasteiger partial charge is 0.335 e. The fourth-order valence-corrected chi connectivity index (χ4v) is 18.0. The molecule has 12 rings (SSSR count). The number of carbonyl (C=O) groups is 9. The van der Waals surface area contributed by atoms with Gasteiger partial charge in [-0.2, -0.15) is 0 Å². The second-order valence-electron chi connectivity index (χ2n) is 34.0. The fourth-order valence-electron chi connectivity index (χ4n) is 18.0. The number of nitrogens with one attached hydrogen (secondary N) is 2. The van der Waals surface area contributed by atoms with Crippen molar-refractivity contribution in [3.05, 3.63) is 59.7 Å². The van der Waals surface area contributed by atoms with Crippen LogP contribution in [-0.4, -0.2) is 305 Å². The van der Waals surface area contributed by atoms with Crippen LogP contribution in [0.15, 0.2) is 48.6 Å². The molecule has 1 spiro atoms. The number of esters is 1. The van der Waals surface area contributed by atoms with Crippen LogP contribution in [0.1, 0.15) is 173 Å². The van der Waals surface area contributed by atoms with Gasteiger partial charge in [0.15, 0.2) is 11.6 Å². The summed E-state index contributed by atoms with van der Waals surface area (Å²) in [6, 6.07) is 5.32. The predicted molar refractivity (Wildman–Crippen MR) is 432 cm³/mol. The Hall–Kier alpha value is -6.23. The SMILES string of the molecule is C=C1C[C@@H]2CC[C@@]34CC5O[C@H]6[C@@H](O3)[C@H]3OC(CC[C@@H]3O[C@H]6C5O4)CC(=O)C[C@@H]3[C@@H](OC)[C@@H](C[C@H](O)CCC(=O)OCc4ccc(CC(=O)[C@H](CCCNC(N)=O)NC(=O)[C@@H](CC(=O)CCOCCOCCOCCOCCOCCOCCOCCOCCOCCC(=O)ON5C(=O)CCC5=O)C(C)C)cc4)O[C@H]3CC3O[C@@H](CCC1O2)CC(C)C3=C. The molecule has 122 heavy (non-hydrogen) atoms. The van der Waals surface area contributed by atoms with Gasteiger partial charge >= 0.3 is 18.0 Å². The van der Waals surface area contributed by atoms with Gasteiger partial charge in [0, 0.05) is 103 Å². The lowest BCUT2D eigenvalue weighted by molar-refractivity contribution is -0.292. The summed E-state index contributed by atoms with van der Waals surface area (Å²) in [5, 5.41) is 17.6. The summed E-state index contributed by atoms with van der Waals surface area (Å²) in [5.74, 6) is -5.29. The fraction of sp³-hybridized carbons (Fsp3) is 0.784. The molecule has 684 valence electrons. The standard InChI is InChI=1S/C88H132N4O30/c1-54(2)66(48-61(94)22-26-104-28-30-106-32-34-108-36-38-110-40-42-112-43-41-111-39-37-109-35-33-107-31-29-105-27-23-79(100)122-92-76(97)18-19-77(92)98)86(101)91-68(8-7-25-90-87(89)102)69(96)46-58-9-11-59(12-10-58)53-113-78(99)20-13-60(93)50-74-80(103-6)67-49-62(95)47-64-15-17-71-81(116-64)85-84-83(118-71)82-75(119-84)52-88(120-82,121-85)24-21-65-45-56(4)70(114-65)16-14-63-44-55(3)57(5)72(115-63)51-73(67)117-74/h9-12,54-55,60,63-68,70-75,80-85,93H,4-5,7-8,13-53H2,1-3,6H3,(H,91,101)(H3,89,90,102)/t55?,60-,63+,64?,65+,66+,67+,68+,70?,71+,72?,73+,74-,75?,80-,81+,82?,83+,84-,85+,88+/m1/s1. The first-order valence-electron chi connectivity index (χ1n) is 44.2. The van der Waals surface area contributed by atoms with Gasteiger partial charge < -0.3 is 116 Å². The van der Waals surface area contributed by atoms with Crippen LogP contribution in [0.4, 0.5) is 4.79 Å². The predicted octanol–water partition coefficient (Wildman–Crippen LogP) is 5.82. The maximum Gasteiger partial charge on any atom is 0.335 e. The number of benzene rings is 1. The Labute approximate surface area is 715 Å². The van der Waals surface area contributed by atoms with Crippen LogP contribution in [0.3, 0.4) is 0 Å². The summed E-state index contributed by atoms with van der Waals surface area (Å²) in [5.41, 5.74) is 8.67. The average molecular weight is 1730 g/mol. The minimum Gasteiger partial charge on any atom is -0.461 e. The van der Waals surface area contributed by atoms with Crippen LogP contribution in [-0.2, 0) is 146 Å². The number of hydrogen-bond acceptors (Lipinski definition) is 30. The first-order chi connectivity index (χ1) is 59.0. The Balaban J connectivity index is 0.539. The molecule has 0 saturated carbocycles. The number of imide groups is 1. The van der Waals surface area contributed by atoms with E-state index in [-0.39, 0.29) is 213 Å². The number of ether oxygens (including phenoxy) is 19. The van der Waals surface area contributed by atoms with E-state index in [2.05, 4.69) is 30.7 Å². The third-order valence-electron chi connectivity index (χ3n) is 24.6. The largest absolute Gasteiger partial charge is 0.461 e. The molecule has 5 N–H and O–H groups in total. The molecule has 11 aliphatic heterocycles. The Morgan fingerprint density at radius 2 is 1.17 bits per heavy atom. The lowest BCUT2D eigenvalue weighted by Gasteiger charge is -2.47. The molecule has 11 fully saturated rings. The van der Waals surface area contributed by atoms with Gasteiger partial charge in [-0.25, -0.2) is 9.59 Å². The van der Waals surface area contributed by atoms with Gasteiger partial charge in [-0.15, -0.1) is 5.06 Å². The van der Waals surface area contributed by atoms with Crippen LogP contribution >= 0.6 is 0 Å². The van der Waals surface area contributed by atoms with Crippen molar-refractivity contribution >= 4 is 53.0 Å². The van der Waals surface area contributed by atoms with Gasteiger partial charge in [0.05, 0.1) is 199 Å². The number of Topliss-reactive ketones (excluding diaryl/α,β-unsaturated/α-hetero) is 3. The zero-order chi connectivity index (χ0) is 86.5. The maximum atomic E-state index is 14.6. The normalized spacial score (nSPS) is 30.1. The Kier molecular flexibility index (Phi) is 38.9. The van der Waals surface area contributed by atoms with Crippen LogP contribution in [0.5, 0.6) is 0 Å². The summed E-state index contributed by atoms with van der Waals surface area (Å²) in [6.45, 7) is 20.8. The van der Waals surface area contributed by atoms with Crippen molar-refractivity contribution in [3.8, 4) is 0 Å². The highest BCUT2D eigenvalue weighted by atomic mass is 16.8. The first kappa shape index (κ1) is 96.4. The number of nitrogens with zero attached hydrogens (tertiary/aromatic N) is 1. The van der Waals surface area contributed by atoms with Crippen molar-refractivity contribution in [1.29, 1.82) is 0 Å². The molecule has 11 aliphatic rings. The van der Waals surface area contributed by atoms with Gasteiger partial charge in [-0.1, -0.05) is 58.2 Å². The van der Waals surface area contributed by atoms with Crippen LogP contribution in [0, 0.1) is 23.7 Å². The number of nitrogens with two attached hydrogens (primary N) is 1. The molecule has 1 aromatic rings. The number of carbonyl (C=O) groups excluding carboxylic acids is 9. The minimum atomic E-state index is -0.989. The highest BCUT2D eigenvalue weighted by Gasteiger charge is 2.69. The van der Waals surface area contributed by atoms with Crippen molar-refractivity contribution < 1.29 is 143 Å². The molecule has 11 heterocycles. The van der Waals surface area contributed by atoms with E-state index < -0.39 is 96.0 Å². The number of urea groups is 1. The van der Waals surface area contributed by atoms with Crippen LogP contribution in [0.25, 0.3) is 0 Å². The highest BCUT2D eigenvalue weighted by molar-refractivity contribution is 6.01. The van der Waals surface area contributed by atoms with Crippen molar-refractivity contribution in [2.24, 2.45) is 29.4 Å². The van der Waals surface area contributed by atoms with Gasteiger partial charge in [0.1, 0.15) is 48.7 Å². The molecule has 21 atom stereocenters. The number of fused-ring (bicyclic) bond motifs is 6. The number of hydroxylamine groups is 2. The van der Waals surface area contributed by atoms with Crippen LogP contribution in [0.2, 0.25) is 0 Å². The second kappa shape index (κ2) is 49.2. The zero-order valence-corrected chi connectivity index (χ0v) is 71.6. The number of primary amides is 1. The Bertz CT molecular complexity index is 3540. The Morgan fingerprint density at radius 1 is 0.598 bits per heavy atom. The monoisotopic (exact) mass is 1720 g/mol. The lowest BCUT2D eigenvalue weighted by atomic mass is 9.81. The van der Waals surface area contributed by atoms with E-state index in [1.54, 1.807) is 31.4 Å². The van der Waals surface area contributed by atoms with Crippen molar-refractivity contribution in [2.75, 3.05) is 133 Å².